The molecular weight excluding hydrogens is 204 g/mol. The van der Waals surface area contributed by atoms with Crippen molar-refractivity contribution in [2.24, 2.45) is 5.92 Å². The molecule has 1 N–H and O–H groups in total. The van der Waals surface area contributed by atoms with E-state index in [0.717, 1.165) is 11.2 Å². The number of hydrogen-bond donors (Lipinski definition) is 1. The van der Waals surface area contributed by atoms with Gasteiger partial charge in [-0.05, 0) is 44.8 Å². The number of rotatable bonds is 4. The minimum absolute atomic E-state index is 0.854. The molecule has 0 saturated carbocycles. The Bertz CT molecular complexity index is 180. The molecule has 2 heterocycles. The normalized spacial score (nSPS) is 33.4. The first-order valence-electron chi connectivity index (χ1n) is 6.39. The van der Waals surface area contributed by atoms with E-state index in [4.69, 9.17) is 0 Å². The highest BCUT2D eigenvalue weighted by Crippen LogP contribution is 2.19. The molecule has 2 atom stereocenters. The second kappa shape index (κ2) is 6.12. The van der Waals surface area contributed by atoms with E-state index in [-0.39, 0.29) is 0 Å². The summed E-state index contributed by atoms with van der Waals surface area (Å²) in [6.07, 6.45) is 4.25. The van der Waals surface area contributed by atoms with Gasteiger partial charge in [0.2, 0.25) is 0 Å². The maximum absolute atomic E-state index is 3.45. The van der Waals surface area contributed by atoms with E-state index < -0.39 is 0 Å². The molecule has 0 aromatic carbocycles. The van der Waals surface area contributed by atoms with Gasteiger partial charge in [-0.25, -0.2) is 0 Å². The van der Waals surface area contributed by atoms with Crippen LogP contribution in [0.4, 0.5) is 0 Å². The largest absolute Gasteiger partial charge is 0.316 e. The first-order valence-corrected chi connectivity index (χ1v) is 7.44. The first-order chi connectivity index (χ1) is 7.34. The molecule has 2 nitrogen and oxygen atoms in total. The van der Waals surface area contributed by atoms with Gasteiger partial charge in [-0.3, -0.25) is 0 Å². The molecule has 2 saturated heterocycles. The van der Waals surface area contributed by atoms with Crippen LogP contribution in [-0.2, 0) is 0 Å². The Balaban J connectivity index is 1.56. The third kappa shape index (κ3) is 3.97. The van der Waals surface area contributed by atoms with E-state index in [1.54, 1.807) is 0 Å². The maximum atomic E-state index is 3.45. The Morgan fingerprint density at radius 1 is 1.47 bits per heavy atom. The first kappa shape index (κ1) is 11.7. The summed E-state index contributed by atoms with van der Waals surface area (Å²) in [5, 5.41) is 4.30. The second-order valence-corrected chi connectivity index (χ2v) is 6.53. The van der Waals surface area contributed by atoms with Gasteiger partial charge in [0.1, 0.15) is 0 Å². The summed E-state index contributed by atoms with van der Waals surface area (Å²) < 4.78 is 0. The quantitative estimate of drug-likeness (QED) is 0.790. The fraction of sp³-hybridized carbons (Fsp3) is 1.00. The average Bonchev–Trinajstić information content (AvgIpc) is 2.71. The Hall–Kier alpha value is 0.270. The molecule has 0 aromatic rings. The van der Waals surface area contributed by atoms with Crippen LogP contribution < -0.4 is 5.32 Å². The third-order valence-electron chi connectivity index (χ3n) is 3.57. The Labute approximate surface area is 98.2 Å². The molecule has 2 fully saturated rings. The zero-order valence-electron chi connectivity index (χ0n) is 9.87. The van der Waals surface area contributed by atoms with E-state index in [2.05, 4.69) is 28.9 Å². The van der Waals surface area contributed by atoms with Crippen molar-refractivity contribution in [3.8, 4) is 0 Å². The molecule has 0 spiro atoms. The third-order valence-corrected chi connectivity index (χ3v) is 4.71. The monoisotopic (exact) mass is 228 g/mol. The van der Waals surface area contributed by atoms with Gasteiger partial charge >= 0.3 is 0 Å². The van der Waals surface area contributed by atoms with Crippen molar-refractivity contribution in [1.82, 2.24) is 10.2 Å². The van der Waals surface area contributed by atoms with Crippen molar-refractivity contribution in [3.63, 3.8) is 0 Å². The molecule has 15 heavy (non-hydrogen) atoms. The molecule has 0 aliphatic carbocycles. The molecule has 0 radical (unpaired) electrons. The van der Waals surface area contributed by atoms with Crippen LogP contribution in [0.1, 0.15) is 26.2 Å². The standard InChI is InChI=1S/C12H24N2S/c1-11-10-14(7-8-15-11)6-2-3-12-4-5-13-9-12/h11-13H,2-10H2,1H3. The van der Waals surface area contributed by atoms with Crippen LogP contribution >= 0.6 is 11.8 Å². The van der Waals surface area contributed by atoms with E-state index in [1.165, 1.54) is 57.7 Å². The number of nitrogens with one attached hydrogen (secondary N) is 1. The Morgan fingerprint density at radius 2 is 2.40 bits per heavy atom. The van der Waals surface area contributed by atoms with Gasteiger partial charge in [-0.2, -0.15) is 11.8 Å². The lowest BCUT2D eigenvalue weighted by molar-refractivity contribution is 0.273. The zero-order valence-corrected chi connectivity index (χ0v) is 10.7. The molecular formula is C12H24N2S. The van der Waals surface area contributed by atoms with Crippen molar-refractivity contribution in [1.29, 1.82) is 0 Å². The molecule has 3 heteroatoms. The van der Waals surface area contributed by atoms with Crippen molar-refractivity contribution < 1.29 is 0 Å². The predicted octanol–water partition coefficient (Wildman–Crippen LogP) is 1.81. The molecule has 0 aromatic heterocycles. The van der Waals surface area contributed by atoms with E-state index in [1.807, 2.05) is 0 Å². The highest BCUT2D eigenvalue weighted by Gasteiger charge is 2.17. The fourth-order valence-electron chi connectivity index (χ4n) is 2.66. The van der Waals surface area contributed by atoms with Gasteiger partial charge in [0, 0.05) is 24.1 Å². The summed E-state index contributed by atoms with van der Waals surface area (Å²) in [6, 6.07) is 0. The van der Waals surface area contributed by atoms with Crippen LogP contribution in [0.2, 0.25) is 0 Å². The molecule has 0 amide bonds. The van der Waals surface area contributed by atoms with Gasteiger partial charge in [-0.1, -0.05) is 6.92 Å². The summed E-state index contributed by atoms with van der Waals surface area (Å²) in [6.45, 7) is 8.85. The SMILES string of the molecule is CC1CN(CCCC2CCNC2)CCS1. The smallest absolute Gasteiger partial charge is 0.0147 e. The van der Waals surface area contributed by atoms with Gasteiger partial charge < -0.3 is 10.2 Å². The van der Waals surface area contributed by atoms with Gasteiger partial charge in [0.15, 0.2) is 0 Å². The minimum atomic E-state index is 0.854. The average molecular weight is 228 g/mol. The van der Waals surface area contributed by atoms with Crippen LogP contribution in [0.5, 0.6) is 0 Å². The van der Waals surface area contributed by atoms with E-state index in [0.29, 0.717) is 0 Å². The summed E-state index contributed by atoms with van der Waals surface area (Å²) in [5.41, 5.74) is 0. The Morgan fingerprint density at radius 3 is 3.13 bits per heavy atom. The fourth-order valence-corrected chi connectivity index (χ4v) is 3.74. The van der Waals surface area contributed by atoms with Gasteiger partial charge in [-0.15, -0.1) is 0 Å². The lowest BCUT2D eigenvalue weighted by Gasteiger charge is -2.30. The van der Waals surface area contributed by atoms with Crippen LogP contribution in [0.3, 0.4) is 0 Å². The maximum Gasteiger partial charge on any atom is 0.0147 e. The Kier molecular flexibility index (Phi) is 4.79. The van der Waals surface area contributed by atoms with Crippen molar-refractivity contribution in [2.45, 2.75) is 31.4 Å². The minimum Gasteiger partial charge on any atom is -0.316 e. The van der Waals surface area contributed by atoms with Crippen LogP contribution in [-0.4, -0.2) is 48.6 Å². The molecule has 88 valence electrons. The molecule has 0 bridgehead atoms. The predicted molar refractivity (Wildman–Crippen MR) is 68.6 cm³/mol. The highest BCUT2D eigenvalue weighted by molar-refractivity contribution is 7.99. The van der Waals surface area contributed by atoms with Gasteiger partial charge in [0.05, 0.1) is 0 Å². The van der Waals surface area contributed by atoms with Crippen LogP contribution in [0.25, 0.3) is 0 Å². The lowest BCUT2D eigenvalue weighted by atomic mass is 10.0. The van der Waals surface area contributed by atoms with Crippen LogP contribution in [0, 0.1) is 5.92 Å². The highest BCUT2D eigenvalue weighted by atomic mass is 32.2. The summed E-state index contributed by atoms with van der Waals surface area (Å²) in [4.78, 5) is 2.66. The second-order valence-electron chi connectivity index (χ2n) is 4.98. The number of thioether (sulfide) groups is 1. The van der Waals surface area contributed by atoms with Crippen LogP contribution in [0.15, 0.2) is 0 Å². The molecule has 2 aliphatic rings. The number of nitrogens with zero attached hydrogens (tertiary/aromatic N) is 1. The number of hydrogen-bond acceptors (Lipinski definition) is 3. The summed E-state index contributed by atoms with van der Waals surface area (Å²) >= 11 is 2.13. The van der Waals surface area contributed by atoms with Crippen molar-refractivity contribution in [3.05, 3.63) is 0 Å². The summed E-state index contributed by atoms with van der Waals surface area (Å²) in [7, 11) is 0. The van der Waals surface area contributed by atoms with Crippen molar-refractivity contribution in [2.75, 3.05) is 38.5 Å². The topological polar surface area (TPSA) is 15.3 Å². The zero-order chi connectivity index (χ0) is 10.5. The summed E-state index contributed by atoms with van der Waals surface area (Å²) in [5.74, 6) is 2.31. The van der Waals surface area contributed by atoms with Crippen molar-refractivity contribution >= 4 is 11.8 Å². The molecule has 2 rings (SSSR count). The van der Waals surface area contributed by atoms with E-state index in [9.17, 15) is 0 Å². The van der Waals surface area contributed by atoms with E-state index >= 15 is 0 Å². The lowest BCUT2D eigenvalue weighted by Crippen LogP contribution is -2.37. The molecule has 2 unspecified atom stereocenters. The van der Waals surface area contributed by atoms with Gasteiger partial charge in [0.25, 0.3) is 0 Å². The molecule has 2 aliphatic heterocycles.